The third-order valence-corrected chi connectivity index (χ3v) is 3.32. The molecule has 0 fully saturated rings. The quantitative estimate of drug-likeness (QED) is 0.889. The molecule has 1 amide bonds. The molecule has 112 valence electrons. The number of ether oxygens (including phenoxy) is 1. The highest BCUT2D eigenvalue weighted by atomic mass is 79.9. The number of carbonyl (C=O) groups is 1. The molecule has 0 aliphatic rings. The van der Waals surface area contributed by atoms with Gasteiger partial charge in [-0.15, -0.1) is 0 Å². The van der Waals surface area contributed by atoms with Gasteiger partial charge < -0.3 is 14.6 Å². The first kappa shape index (κ1) is 15.6. The molecule has 0 saturated carbocycles. The molecule has 0 bridgehead atoms. The number of halogens is 1. The number of hydrogen-bond donors (Lipinski definition) is 1. The molecule has 0 atom stereocenters. The van der Waals surface area contributed by atoms with Crippen molar-refractivity contribution in [3.05, 3.63) is 40.8 Å². The van der Waals surface area contributed by atoms with Crippen LogP contribution in [0.3, 0.4) is 0 Å². The predicted octanol–water partition coefficient (Wildman–Crippen LogP) is 3.88. The maximum atomic E-state index is 12.4. The monoisotopic (exact) mass is 351 g/mol. The van der Waals surface area contributed by atoms with Gasteiger partial charge in [-0.25, -0.2) is 4.98 Å². The van der Waals surface area contributed by atoms with Gasteiger partial charge in [-0.05, 0) is 48.8 Å². The molecular formula is C15H18BrN3O2. The second-order valence-corrected chi connectivity index (χ2v) is 5.73. The normalized spacial score (nSPS) is 10.7. The number of nitrogens with one attached hydrogen (secondary N) is 1. The number of pyridine rings is 1. The van der Waals surface area contributed by atoms with Crippen molar-refractivity contribution in [2.24, 2.45) is 0 Å². The summed E-state index contributed by atoms with van der Waals surface area (Å²) < 4.78 is 8.07. The summed E-state index contributed by atoms with van der Waals surface area (Å²) in [6.07, 6.45) is 3.48. The van der Waals surface area contributed by atoms with Crippen LogP contribution in [0.4, 0.5) is 5.69 Å². The summed E-state index contributed by atoms with van der Waals surface area (Å²) in [4.78, 5) is 16.5. The molecule has 5 nitrogen and oxygen atoms in total. The number of hydrogen-bond acceptors (Lipinski definition) is 3. The maximum absolute atomic E-state index is 12.4. The van der Waals surface area contributed by atoms with Gasteiger partial charge in [-0.2, -0.15) is 0 Å². The van der Waals surface area contributed by atoms with E-state index < -0.39 is 0 Å². The van der Waals surface area contributed by atoms with Crippen molar-refractivity contribution in [1.82, 2.24) is 9.55 Å². The van der Waals surface area contributed by atoms with E-state index in [9.17, 15) is 4.79 Å². The average Bonchev–Trinajstić information content (AvgIpc) is 2.84. The lowest BCUT2D eigenvalue weighted by molar-refractivity contribution is 0.101. The second-order valence-electron chi connectivity index (χ2n) is 4.82. The largest absolute Gasteiger partial charge is 0.478 e. The van der Waals surface area contributed by atoms with Crippen molar-refractivity contribution in [3.8, 4) is 5.88 Å². The Morgan fingerprint density at radius 1 is 1.48 bits per heavy atom. The molecule has 0 unspecified atom stereocenters. The fraction of sp³-hybridized carbons (Fsp3) is 0.333. The van der Waals surface area contributed by atoms with E-state index in [4.69, 9.17) is 4.74 Å². The summed E-state index contributed by atoms with van der Waals surface area (Å²) in [5, 5.41) is 2.84. The van der Waals surface area contributed by atoms with Gasteiger partial charge in [0, 0.05) is 22.8 Å². The van der Waals surface area contributed by atoms with Crippen LogP contribution in [0.5, 0.6) is 5.88 Å². The SMILES string of the molecule is CCOc1ccc(NC(=O)c2cc(Br)cn2C(C)C)cn1. The summed E-state index contributed by atoms with van der Waals surface area (Å²) >= 11 is 3.40. The van der Waals surface area contributed by atoms with Crippen molar-refractivity contribution in [2.75, 3.05) is 11.9 Å². The first-order valence-electron chi connectivity index (χ1n) is 6.78. The molecule has 2 rings (SSSR count). The van der Waals surface area contributed by atoms with Crippen LogP contribution in [0.15, 0.2) is 35.1 Å². The molecule has 0 radical (unpaired) electrons. The van der Waals surface area contributed by atoms with Gasteiger partial charge in [0.05, 0.1) is 18.5 Å². The Morgan fingerprint density at radius 2 is 2.24 bits per heavy atom. The van der Waals surface area contributed by atoms with Crippen LogP contribution in [0, 0.1) is 0 Å². The fourth-order valence-corrected chi connectivity index (χ4v) is 2.37. The Balaban J connectivity index is 2.14. The van der Waals surface area contributed by atoms with Gasteiger partial charge in [0.25, 0.3) is 5.91 Å². The van der Waals surface area contributed by atoms with Crippen LogP contribution in [-0.4, -0.2) is 22.1 Å². The lowest BCUT2D eigenvalue weighted by atomic mass is 10.3. The topological polar surface area (TPSA) is 56.1 Å². The summed E-state index contributed by atoms with van der Waals surface area (Å²) in [7, 11) is 0. The average molecular weight is 352 g/mol. The Kier molecular flexibility index (Phi) is 5.01. The molecule has 0 saturated heterocycles. The van der Waals surface area contributed by atoms with Crippen molar-refractivity contribution in [1.29, 1.82) is 0 Å². The zero-order valence-corrected chi connectivity index (χ0v) is 13.8. The highest BCUT2D eigenvalue weighted by Gasteiger charge is 2.15. The van der Waals surface area contributed by atoms with Gasteiger partial charge in [0.1, 0.15) is 5.69 Å². The van der Waals surface area contributed by atoms with Gasteiger partial charge in [0.15, 0.2) is 0 Å². The number of anilines is 1. The van der Waals surface area contributed by atoms with Gasteiger partial charge in [0.2, 0.25) is 5.88 Å². The lowest BCUT2D eigenvalue weighted by Crippen LogP contribution is -2.17. The van der Waals surface area contributed by atoms with Crippen molar-refractivity contribution in [2.45, 2.75) is 26.8 Å². The Hall–Kier alpha value is -1.82. The van der Waals surface area contributed by atoms with E-state index in [2.05, 4.69) is 26.2 Å². The van der Waals surface area contributed by atoms with Crippen LogP contribution in [0.2, 0.25) is 0 Å². The van der Waals surface area contributed by atoms with Crippen LogP contribution in [0.1, 0.15) is 37.3 Å². The molecule has 2 heterocycles. The number of carbonyl (C=O) groups excluding carboxylic acids is 1. The van der Waals surface area contributed by atoms with Crippen LogP contribution in [0.25, 0.3) is 0 Å². The molecule has 0 spiro atoms. The van der Waals surface area contributed by atoms with Crippen LogP contribution < -0.4 is 10.1 Å². The molecule has 2 aromatic rings. The van der Waals surface area contributed by atoms with E-state index in [0.717, 1.165) is 4.47 Å². The van der Waals surface area contributed by atoms with E-state index in [1.54, 1.807) is 24.4 Å². The molecule has 1 N–H and O–H groups in total. The molecule has 0 aliphatic heterocycles. The molecule has 21 heavy (non-hydrogen) atoms. The van der Waals surface area contributed by atoms with Crippen LogP contribution >= 0.6 is 15.9 Å². The van der Waals surface area contributed by atoms with Crippen molar-refractivity contribution < 1.29 is 9.53 Å². The minimum atomic E-state index is -0.166. The first-order valence-corrected chi connectivity index (χ1v) is 7.58. The third-order valence-electron chi connectivity index (χ3n) is 2.89. The van der Waals surface area contributed by atoms with E-state index in [0.29, 0.717) is 23.9 Å². The number of rotatable bonds is 5. The van der Waals surface area contributed by atoms with E-state index in [1.165, 1.54) is 0 Å². The highest BCUT2D eigenvalue weighted by Crippen LogP contribution is 2.21. The van der Waals surface area contributed by atoms with Crippen LogP contribution in [-0.2, 0) is 0 Å². The van der Waals surface area contributed by atoms with E-state index in [-0.39, 0.29) is 11.9 Å². The molecule has 0 aliphatic carbocycles. The third kappa shape index (κ3) is 3.85. The lowest BCUT2D eigenvalue weighted by Gasteiger charge is -2.12. The zero-order chi connectivity index (χ0) is 15.4. The van der Waals surface area contributed by atoms with Gasteiger partial charge in [-0.1, -0.05) is 0 Å². The Bertz CT molecular complexity index is 620. The van der Waals surface area contributed by atoms with Gasteiger partial charge >= 0.3 is 0 Å². The maximum Gasteiger partial charge on any atom is 0.272 e. The summed E-state index contributed by atoms with van der Waals surface area (Å²) in [6, 6.07) is 5.51. The van der Waals surface area contributed by atoms with Crippen molar-refractivity contribution in [3.63, 3.8) is 0 Å². The fourth-order valence-electron chi connectivity index (χ4n) is 1.94. The second kappa shape index (κ2) is 6.76. The summed E-state index contributed by atoms with van der Waals surface area (Å²) in [5.74, 6) is 0.379. The minimum absolute atomic E-state index is 0.166. The van der Waals surface area contributed by atoms with Crippen molar-refractivity contribution >= 4 is 27.5 Å². The zero-order valence-electron chi connectivity index (χ0n) is 12.3. The number of amides is 1. The molecule has 2 aromatic heterocycles. The predicted molar refractivity (Wildman–Crippen MR) is 85.9 cm³/mol. The standard InChI is InChI=1S/C15H18BrN3O2/c1-4-21-14-6-5-12(8-17-14)18-15(20)13-7-11(16)9-19(13)10(2)3/h5-10H,4H2,1-3H3,(H,18,20). The van der Waals surface area contributed by atoms with E-state index in [1.807, 2.05) is 31.5 Å². The molecule has 6 heteroatoms. The summed E-state index contributed by atoms with van der Waals surface area (Å²) in [6.45, 7) is 6.52. The molecule has 0 aromatic carbocycles. The number of aromatic nitrogens is 2. The molecular weight excluding hydrogens is 334 g/mol. The first-order chi connectivity index (χ1) is 10.0. The number of nitrogens with zero attached hydrogens (tertiary/aromatic N) is 2. The Labute approximate surface area is 132 Å². The van der Waals surface area contributed by atoms with E-state index >= 15 is 0 Å². The van der Waals surface area contributed by atoms with Gasteiger partial charge in [-0.3, -0.25) is 4.79 Å². The minimum Gasteiger partial charge on any atom is -0.478 e. The Morgan fingerprint density at radius 3 is 2.81 bits per heavy atom. The smallest absolute Gasteiger partial charge is 0.272 e. The highest BCUT2D eigenvalue weighted by molar-refractivity contribution is 9.10. The summed E-state index contributed by atoms with van der Waals surface area (Å²) in [5.41, 5.74) is 1.24.